The van der Waals surface area contributed by atoms with Gasteiger partial charge in [0.2, 0.25) is 5.91 Å². The van der Waals surface area contributed by atoms with Crippen molar-refractivity contribution in [1.82, 2.24) is 10.2 Å². The van der Waals surface area contributed by atoms with Crippen LogP contribution in [0.5, 0.6) is 5.75 Å². The Balaban J connectivity index is 1.77. The molecule has 7 nitrogen and oxygen atoms in total. The summed E-state index contributed by atoms with van der Waals surface area (Å²) in [5.41, 5.74) is -0.981. The van der Waals surface area contributed by atoms with E-state index in [9.17, 15) is 27.6 Å². The van der Waals surface area contributed by atoms with Crippen LogP contribution in [-0.4, -0.2) is 35.7 Å². The number of hydrogen-bond donors (Lipinski definition) is 2. The first-order valence-corrected chi connectivity index (χ1v) is 9.00. The Hall–Kier alpha value is -3.56. The summed E-state index contributed by atoms with van der Waals surface area (Å²) in [5, 5.41) is 4.88. The summed E-state index contributed by atoms with van der Waals surface area (Å²) < 4.78 is 41.5. The summed E-state index contributed by atoms with van der Waals surface area (Å²) in [6.45, 7) is 1.05. The molecular weight excluding hydrogens is 403 g/mol. The molecule has 4 amide bonds. The summed E-state index contributed by atoms with van der Waals surface area (Å²) in [7, 11) is 0. The number of urea groups is 1. The molecule has 158 valence electrons. The highest BCUT2D eigenvalue weighted by atomic mass is 19.4. The summed E-state index contributed by atoms with van der Waals surface area (Å²) in [6, 6.07) is 12.8. The van der Waals surface area contributed by atoms with Crippen molar-refractivity contribution < 1.29 is 32.3 Å². The molecule has 0 saturated carbocycles. The van der Waals surface area contributed by atoms with Gasteiger partial charge in [0, 0.05) is 0 Å². The van der Waals surface area contributed by atoms with Crippen molar-refractivity contribution in [2.45, 2.75) is 25.2 Å². The SMILES string of the molecule is CCC1(c2ccccc2)NC(=O)N(CC(=O)Nc2ccccc2OC(F)(F)F)C1=O. The van der Waals surface area contributed by atoms with E-state index in [2.05, 4.69) is 15.4 Å². The van der Waals surface area contributed by atoms with Crippen LogP contribution in [0.3, 0.4) is 0 Å². The van der Waals surface area contributed by atoms with Gasteiger partial charge in [-0.2, -0.15) is 0 Å². The maximum Gasteiger partial charge on any atom is 0.573 e. The van der Waals surface area contributed by atoms with E-state index in [1.54, 1.807) is 37.3 Å². The molecule has 2 N–H and O–H groups in total. The van der Waals surface area contributed by atoms with Crippen LogP contribution in [0.2, 0.25) is 0 Å². The van der Waals surface area contributed by atoms with Crippen molar-refractivity contribution in [2.75, 3.05) is 11.9 Å². The number of nitrogens with one attached hydrogen (secondary N) is 2. The number of ether oxygens (including phenoxy) is 1. The second-order valence-corrected chi connectivity index (χ2v) is 6.54. The first-order valence-electron chi connectivity index (χ1n) is 9.00. The molecule has 0 spiro atoms. The van der Waals surface area contributed by atoms with Crippen molar-refractivity contribution in [3.63, 3.8) is 0 Å². The molecule has 0 aliphatic carbocycles. The lowest BCUT2D eigenvalue weighted by Crippen LogP contribution is -2.44. The van der Waals surface area contributed by atoms with Crippen LogP contribution in [-0.2, 0) is 15.1 Å². The number of carbonyl (C=O) groups is 3. The number of carbonyl (C=O) groups excluding carboxylic acids is 3. The van der Waals surface area contributed by atoms with Gasteiger partial charge in [-0.25, -0.2) is 4.79 Å². The molecule has 1 atom stereocenters. The molecule has 1 fully saturated rings. The van der Waals surface area contributed by atoms with Gasteiger partial charge in [-0.3, -0.25) is 14.5 Å². The van der Waals surface area contributed by atoms with Crippen LogP contribution in [0.1, 0.15) is 18.9 Å². The predicted molar refractivity (Wildman–Crippen MR) is 100 cm³/mol. The minimum absolute atomic E-state index is 0.239. The predicted octanol–water partition coefficient (Wildman–Crippen LogP) is 3.38. The molecule has 0 radical (unpaired) electrons. The van der Waals surface area contributed by atoms with E-state index in [-0.39, 0.29) is 12.1 Å². The van der Waals surface area contributed by atoms with Crippen molar-refractivity contribution in [1.29, 1.82) is 0 Å². The third-order valence-electron chi connectivity index (χ3n) is 4.66. The minimum atomic E-state index is -4.94. The Morgan fingerprint density at radius 1 is 1.10 bits per heavy atom. The van der Waals surface area contributed by atoms with Crippen LogP contribution in [0.4, 0.5) is 23.7 Å². The van der Waals surface area contributed by atoms with E-state index < -0.39 is 42.0 Å². The van der Waals surface area contributed by atoms with Crippen molar-refractivity contribution >= 4 is 23.5 Å². The fourth-order valence-corrected chi connectivity index (χ4v) is 3.25. The molecule has 2 aromatic carbocycles. The van der Waals surface area contributed by atoms with E-state index in [1.807, 2.05) is 0 Å². The maximum atomic E-state index is 13.0. The van der Waals surface area contributed by atoms with Crippen LogP contribution in [0.15, 0.2) is 54.6 Å². The number of rotatable bonds is 6. The molecule has 1 unspecified atom stereocenters. The minimum Gasteiger partial charge on any atom is -0.404 e. The highest BCUT2D eigenvalue weighted by Gasteiger charge is 2.51. The van der Waals surface area contributed by atoms with Gasteiger partial charge in [-0.05, 0) is 24.1 Å². The molecule has 10 heteroatoms. The number of halogens is 3. The number of imide groups is 1. The lowest BCUT2D eigenvalue weighted by molar-refractivity contribution is -0.274. The summed E-state index contributed by atoms with van der Waals surface area (Å²) in [6.07, 6.45) is -4.69. The van der Waals surface area contributed by atoms with E-state index >= 15 is 0 Å². The van der Waals surface area contributed by atoms with Gasteiger partial charge in [0.05, 0.1) is 5.69 Å². The van der Waals surface area contributed by atoms with E-state index in [4.69, 9.17) is 0 Å². The number of nitrogens with zero attached hydrogens (tertiary/aromatic N) is 1. The Morgan fingerprint density at radius 3 is 2.37 bits per heavy atom. The van der Waals surface area contributed by atoms with Gasteiger partial charge < -0.3 is 15.4 Å². The van der Waals surface area contributed by atoms with Gasteiger partial charge >= 0.3 is 12.4 Å². The highest BCUT2D eigenvalue weighted by molar-refractivity contribution is 6.10. The zero-order valence-corrected chi connectivity index (χ0v) is 15.8. The summed E-state index contributed by atoms with van der Waals surface area (Å²) in [5.74, 6) is -2.07. The van der Waals surface area contributed by atoms with E-state index in [0.29, 0.717) is 5.56 Å². The standard InChI is InChI=1S/C20H18F3N3O4/c1-2-19(13-8-4-3-5-9-13)17(28)26(18(29)25-19)12-16(27)24-14-10-6-7-11-15(14)30-20(21,22)23/h3-11H,2,12H2,1H3,(H,24,27)(H,25,29). The third-order valence-corrected chi connectivity index (χ3v) is 4.66. The zero-order valence-electron chi connectivity index (χ0n) is 15.8. The average Bonchev–Trinajstić information content (AvgIpc) is 2.94. The molecule has 1 heterocycles. The Bertz CT molecular complexity index is 965. The number of hydrogen-bond acceptors (Lipinski definition) is 4. The Kier molecular flexibility index (Phi) is 5.68. The van der Waals surface area contributed by atoms with E-state index in [1.165, 1.54) is 18.2 Å². The fourth-order valence-electron chi connectivity index (χ4n) is 3.25. The van der Waals surface area contributed by atoms with Gasteiger partial charge in [-0.15, -0.1) is 13.2 Å². The molecule has 0 aromatic heterocycles. The Labute approximate surface area is 169 Å². The van der Waals surface area contributed by atoms with E-state index in [0.717, 1.165) is 11.0 Å². The summed E-state index contributed by atoms with van der Waals surface area (Å²) in [4.78, 5) is 38.5. The fraction of sp³-hybridized carbons (Fsp3) is 0.250. The molecule has 0 bridgehead atoms. The molecule has 30 heavy (non-hydrogen) atoms. The van der Waals surface area contributed by atoms with Crippen LogP contribution >= 0.6 is 0 Å². The van der Waals surface area contributed by atoms with Gasteiger partial charge in [0.25, 0.3) is 5.91 Å². The number of para-hydroxylation sites is 2. The molecule has 3 rings (SSSR count). The second kappa shape index (κ2) is 8.05. The molecule has 1 aliphatic rings. The molecular formula is C20H18F3N3O4. The normalized spacial score (nSPS) is 18.9. The van der Waals surface area contributed by atoms with Crippen molar-refractivity contribution in [3.05, 3.63) is 60.2 Å². The van der Waals surface area contributed by atoms with Gasteiger partial charge in [0.15, 0.2) is 5.75 Å². The highest BCUT2D eigenvalue weighted by Crippen LogP contribution is 2.33. The third kappa shape index (κ3) is 4.22. The monoisotopic (exact) mass is 421 g/mol. The van der Waals surface area contributed by atoms with Crippen LogP contribution < -0.4 is 15.4 Å². The Morgan fingerprint density at radius 2 is 1.73 bits per heavy atom. The van der Waals surface area contributed by atoms with Gasteiger partial charge in [-0.1, -0.05) is 49.4 Å². The first-order chi connectivity index (χ1) is 14.2. The lowest BCUT2D eigenvalue weighted by Gasteiger charge is -2.25. The van der Waals surface area contributed by atoms with Crippen LogP contribution in [0, 0.1) is 0 Å². The van der Waals surface area contributed by atoms with Gasteiger partial charge in [0.1, 0.15) is 12.1 Å². The number of anilines is 1. The zero-order chi connectivity index (χ0) is 21.9. The average molecular weight is 421 g/mol. The number of alkyl halides is 3. The molecule has 1 saturated heterocycles. The topological polar surface area (TPSA) is 87.7 Å². The number of amides is 4. The number of benzene rings is 2. The molecule has 2 aromatic rings. The smallest absolute Gasteiger partial charge is 0.404 e. The first kappa shape index (κ1) is 21.2. The summed E-state index contributed by atoms with van der Waals surface area (Å²) >= 11 is 0. The lowest BCUT2D eigenvalue weighted by atomic mass is 9.87. The van der Waals surface area contributed by atoms with Crippen molar-refractivity contribution in [3.8, 4) is 5.75 Å². The molecule has 1 aliphatic heterocycles. The second-order valence-electron chi connectivity index (χ2n) is 6.54. The maximum absolute atomic E-state index is 13.0. The largest absolute Gasteiger partial charge is 0.573 e. The van der Waals surface area contributed by atoms with Crippen molar-refractivity contribution in [2.24, 2.45) is 0 Å². The quantitative estimate of drug-likeness (QED) is 0.700. The van der Waals surface area contributed by atoms with Crippen LogP contribution in [0.25, 0.3) is 0 Å².